The minimum atomic E-state index is -0.233. The third-order valence-electron chi connectivity index (χ3n) is 2.62. The lowest BCUT2D eigenvalue weighted by Gasteiger charge is -2.21. The Morgan fingerprint density at radius 1 is 1.47 bits per heavy atom. The predicted molar refractivity (Wildman–Crippen MR) is 72.3 cm³/mol. The lowest BCUT2D eigenvalue weighted by atomic mass is 10.2. The number of aromatic nitrogens is 2. The Kier molecular flexibility index (Phi) is 6.05. The van der Waals surface area contributed by atoms with E-state index in [0.29, 0.717) is 19.0 Å². The summed E-state index contributed by atoms with van der Waals surface area (Å²) in [5.41, 5.74) is 0. The summed E-state index contributed by atoms with van der Waals surface area (Å²) in [4.78, 5) is 21.5. The maximum atomic E-state index is 11.4. The number of esters is 1. The number of anilines is 1. The Morgan fingerprint density at radius 3 is 2.84 bits per heavy atom. The zero-order valence-corrected chi connectivity index (χ0v) is 11.9. The van der Waals surface area contributed by atoms with Gasteiger partial charge in [-0.25, -0.2) is 9.97 Å². The van der Waals surface area contributed by atoms with E-state index in [-0.39, 0.29) is 11.9 Å². The van der Waals surface area contributed by atoms with Crippen molar-refractivity contribution in [3.05, 3.63) is 12.4 Å². The van der Waals surface area contributed by atoms with E-state index < -0.39 is 0 Å². The van der Waals surface area contributed by atoms with E-state index in [2.05, 4.69) is 9.97 Å². The normalized spacial score (nSPS) is 11.8. The third kappa shape index (κ3) is 4.73. The number of rotatable bonds is 7. The van der Waals surface area contributed by atoms with E-state index in [4.69, 9.17) is 9.47 Å². The van der Waals surface area contributed by atoms with Gasteiger partial charge in [-0.05, 0) is 6.42 Å². The molecule has 1 heterocycles. The standard InChI is InChI=1S/C13H21N3O3/c1-5-6-19-12-7-11(14-9-15-12)16(3)8-10(2)13(17)18-4/h7,9-10H,5-6,8H2,1-4H3. The van der Waals surface area contributed by atoms with Crippen LogP contribution < -0.4 is 9.64 Å². The van der Waals surface area contributed by atoms with Crippen LogP contribution >= 0.6 is 0 Å². The van der Waals surface area contributed by atoms with Crippen molar-refractivity contribution < 1.29 is 14.3 Å². The molecule has 1 aromatic heterocycles. The van der Waals surface area contributed by atoms with Crippen molar-refractivity contribution in [2.24, 2.45) is 5.92 Å². The molecule has 19 heavy (non-hydrogen) atoms. The second-order valence-corrected chi connectivity index (χ2v) is 4.37. The molecule has 106 valence electrons. The first-order valence-electron chi connectivity index (χ1n) is 6.32. The summed E-state index contributed by atoms with van der Waals surface area (Å²) in [6.45, 7) is 5.00. The Bertz CT molecular complexity index is 412. The van der Waals surface area contributed by atoms with Gasteiger partial charge < -0.3 is 14.4 Å². The molecule has 0 bridgehead atoms. The summed E-state index contributed by atoms with van der Waals surface area (Å²) < 4.78 is 10.2. The van der Waals surface area contributed by atoms with Gasteiger partial charge in [0.15, 0.2) is 0 Å². The maximum absolute atomic E-state index is 11.4. The van der Waals surface area contributed by atoms with E-state index in [1.807, 2.05) is 25.8 Å². The van der Waals surface area contributed by atoms with E-state index in [1.165, 1.54) is 13.4 Å². The second kappa shape index (κ2) is 7.56. The Morgan fingerprint density at radius 2 is 2.21 bits per heavy atom. The number of carbonyl (C=O) groups excluding carboxylic acids is 1. The molecule has 0 N–H and O–H groups in total. The summed E-state index contributed by atoms with van der Waals surface area (Å²) in [6.07, 6.45) is 2.38. The molecule has 0 radical (unpaired) electrons. The highest BCUT2D eigenvalue weighted by Crippen LogP contribution is 2.16. The van der Waals surface area contributed by atoms with Crippen LogP contribution in [0.3, 0.4) is 0 Å². The molecule has 1 aromatic rings. The van der Waals surface area contributed by atoms with Crippen LogP contribution in [0, 0.1) is 5.92 Å². The first-order valence-corrected chi connectivity index (χ1v) is 6.32. The molecule has 1 atom stereocenters. The van der Waals surface area contributed by atoms with E-state index in [1.54, 1.807) is 6.07 Å². The van der Waals surface area contributed by atoms with E-state index in [0.717, 1.165) is 12.2 Å². The molecule has 0 aliphatic rings. The highest BCUT2D eigenvalue weighted by atomic mass is 16.5. The molecular weight excluding hydrogens is 246 g/mol. The zero-order chi connectivity index (χ0) is 14.3. The van der Waals surface area contributed by atoms with Crippen LogP contribution in [0.4, 0.5) is 5.82 Å². The van der Waals surface area contributed by atoms with Crippen molar-refractivity contribution in [1.29, 1.82) is 0 Å². The molecule has 0 aliphatic carbocycles. The molecule has 0 amide bonds. The van der Waals surface area contributed by atoms with Gasteiger partial charge in [-0.1, -0.05) is 13.8 Å². The quantitative estimate of drug-likeness (QED) is 0.698. The summed E-state index contributed by atoms with van der Waals surface area (Å²) in [7, 11) is 3.26. The van der Waals surface area contributed by atoms with Gasteiger partial charge in [0.2, 0.25) is 5.88 Å². The highest BCUT2D eigenvalue weighted by Gasteiger charge is 2.16. The van der Waals surface area contributed by atoms with Gasteiger partial charge in [0.25, 0.3) is 0 Å². The van der Waals surface area contributed by atoms with E-state index in [9.17, 15) is 4.79 Å². The van der Waals surface area contributed by atoms with Crippen LogP contribution in [0.2, 0.25) is 0 Å². The van der Waals surface area contributed by atoms with Gasteiger partial charge >= 0.3 is 5.97 Å². The minimum absolute atomic E-state index is 0.218. The predicted octanol–water partition coefficient (Wildman–Crippen LogP) is 1.51. The Labute approximate surface area is 113 Å². The monoisotopic (exact) mass is 267 g/mol. The highest BCUT2D eigenvalue weighted by molar-refractivity contribution is 5.72. The van der Waals surface area contributed by atoms with Crippen molar-refractivity contribution >= 4 is 11.8 Å². The molecule has 1 unspecified atom stereocenters. The molecule has 0 fully saturated rings. The van der Waals surface area contributed by atoms with Crippen molar-refractivity contribution in [2.45, 2.75) is 20.3 Å². The van der Waals surface area contributed by atoms with Gasteiger partial charge in [-0.15, -0.1) is 0 Å². The van der Waals surface area contributed by atoms with Gasteiger partial charge in [0.05, 0.1) is 19.6 Å². The van der Waals surface area contributed by atoms with Gasteiger partial charge in [0.1, 0.15) is 12.1 Å². The average molecular weight is 267 g/mol. The van der Waals surface area contributed by atoms with E-state index >= 15 is 0 Å². The molecule has 0 saturated carbocycles. The number of hydrogen-bond donors (Lipinski definition) is 0. The molecular formula is C13H21N3O3. The molecule has 0 spiro atoms. The molecule has 0 aromatic carbocycles. The fraction of sp³-hybridized carbons (Fsp3) is 0.615. The van der Waals surface area contributed by atoms with Crippen molar-refractivity contribution in [2.75, 3.05) is 32.2 Å². The fourth-order valence-corrected chi connectivity index (χ4v) is 1.60. The largest absolute Gasteiger partial charge is 0.478 e. The minimum Gasteiger partial charge on any atom is -0.478 e. The number of carbonyl (C=O) groups is 1. The summed E-state index contributed by atoms with van der Waals surface area (Å²) in [5.74, 6) is 0.814. The van der Waals surface area contributed by atoms with Gasteiger partial charge in [-0.2, -0.15) is 0 Å². The summed E-state index contributed by atoms with van der Waals surface area (Å²) in [6, 6.07) is 1.76. The van der Waals surface area contributed by atoms with Crippen LogP contribution in [0.25, 0.3) is 0 Å². The van der Waals surface area contributed by atoms with Crippen LogP contribution in [0.1, 0.15) is 20.3 Å². The van der Waals surface area contributed by atoms with Crippen LogP contribution in [-0.4, -0.2) is 43.2 Å². The number of nitrogens with zero attached hydrogens (tertiary/aromatic N) is 3. The smallest absolute Gasteiger partial charge is 0.310 e. The zero-order valence-electron chi connectivity index (χ0n) is 11.9. The summed E-state index contributed by atoms with van der Waals surface area (Å²) in [5, 5.41) is 0. The first kappa shape index (κ1) is 15.2. The first-order chi connectivity index (χ1) is 9.08. The van der Waals surface area contributed by atoms with Crippen molar-refractivity contribution in [3.63, 3.8) is 0 Å². The number of ether oxygens (including phenoxy) is 2. The summed E-state index contributed by atoms with van der Waals surface area (Å²) >= 11 is 0. The van der Waals surface area contributed by atoms with Crippen molar-refractivity contribution in [1.82, 2.24) is 9.97 Å². The third-order valence-corrected chi connectivity index (χ3v) is 2.62. The van der Waals surface area contributed by atoms with Crippen molar-refractivity contribution in [3.8, 4) is 5.88 Å². The molecule has 0 aliphatic heterocycles. The molecule has 1 rings (SSSR count). The molecule has 0 saturated heterocycles. The molecule has 6 heteroatoms. The Balaban J connectivity index is 2.65. The average Bonchev–Trinajstić information content (AvgIpc) is 2.44. The number of hydrogen-bond acceptors (Lipinski definition) is 6. The van der Waals surface area contributed by atoms with Gasteiger partial charge in [-0.3, -0.25) is 4.79 Å². The lowest BCUT2D eigenvalue weighted by Crippen LogP contribution is -2.29. The van der Waals surface area contributed by atoms with Crippen LogP contribution in [0.15, 0.2) is 12.4 Å². The second-order valence-electron chi connectivity index (χ2n) is 4.37. The Hall–Kier alpha value is -1.85. The van der Waals surface area contributed by atoms with Crippen LogP contribution in [0.5, 0.6) is 5.88 Å². The maximum Gasteiger partial charge on any atom is 0.310 e. The fourth-order valence-electron chi connectivity index (χ4n) is 1.60. The lowest BCUT2D eigenvalue weighted by molar-refractivity contribution is -0.144. The molecule has 6 nitrogen and oxygen atoms in total. The SMILES string of the molecule is CCCOc1cc(N(C)CC(C)C(=O)OC)ncn1. The number of methoxy groups -OCH3 is 1. The van der Waals surface area contributed by atoms with Crippen LogP contribution in [-0.2, 0) is 9.53 Å². The van der Waals surface area contributed by atoms with Gasteiger partial charge in [0, 0.05) is 19.7 Å². The topological polar surface area (TPSA) is 64.5 Å².